The molecule has 0 radical (unpaired) electrons. The Kier molecular flexibility index (Phi) is 8.89. The van der Waals surface area contributed by atoms with Crippen molar-refractivity contribution in [2.24, 2.45) is 0 Å². The van der Waals surface area contributed by atoms with E-state index in [0.29, 0.717) is 0 Å². The first-order valence-electron chi connectivity index (χ1n) is 30.5. The normalized spacial score (nSPS) is 12.8. The van der Waals surface area contributed by atoms with E-state index in [1.807, 2.05) is 0 Å². The zero-order valence-electron chi connectivity index (χ0n) is 47.1. The van der Waals surface area contributed by atoms with Gasteiger partial charge in [-0.25, -0.2) is 0 Å². The fraction of sp³-hybridized carbons (Fsp3) is 0. The minimum Gasteiger partial charge on any atom is -0.310 e. The Labute approximate surface area is 499 Å². The fourth-order valence-corrected chi connectivity index (χ4v) is 16.8. The van der Waals surface area contributed by atoms with Crippen LogP contribution in [-0.2, 0) is 0 Å². The van der Waals surface area contributed by atoms with Gasteiger partial charge in [0.1, 0.15) is 0 Å². The molecule has 4 heterocycles. The summed E-state index contributed by atoms with van der Waals surface area (Å²) in [6.45, 7) is -0.124. The Bertz CT molecular complexity index is 6360. The monoisotopic (exact) mass is 1090 g/mol. The van der Waals surface area contributed by atoms with Gasteiger partial charge in [-0.2, -0.15) is 0 Å². The molecule has 19 aromatic rings. The molecule has 0 N–H and O–H groups in total. The van der Waals surface area contributed by atoms with Gasteiger partial charge < -0.3 is 9.13 Å². The quantitative estimate of drug-likeness (QED) is 0.123. The van der Waals surface area contributed by atoms with Crippen LogP contribution >= 0.6 is 0 Å². The molecule has 87 heavy (non-hydrogen) atoms. The van der Waals surface area contributed by atoms with Crippen molar-refractivity contribution in [1.82, 2.24) is 9.13 Å². The lowest BCUT2D eigenvalue weighted by atomic mass is 9.34. The SMILES string of the molecule is c1cc2c3c(c1)-n1c4ccc5c6ccccc6c6ccccc6c5c4c4cc(-c5cc6ccccc6c6ccccc56)cc(c41)B3c1cc(-c3cc4ccccc4c4ccccc34)cc3c4cc(-c5cc6ccccc6c6ccccc56)ccc4n-2c13. The van der Waals surface area contributed by atoms with Crippen LogP contribution in [0.2, 0.25) is 0 Å². The maximum Gasteiger partial charge on any atom is 0.252 e. The van der Waals surface area contributed by atoms with Crippen molar-refractivity contribution < 1.29 is 0 Å². The lowest BCUT2D eigenvalue weighted by molar-refractivity contribution is 1.14. The molecular formula is C84H47BN2. The molecule has 0 fully saturated rings. The molecule has 3 heteroatoms. The number of rotatable bonds is 3. The second-order valence-electron chi connectivity index (χ2n) is 24.5. The average molecular weight is 1100 g/mol. The summed E-state index contributed by atoms with van der Waals surface area (Å²) in [4.78, 5) is 0. The van der Waals surface area contributed by atoms with E-state index in [1.165, 1.54) is 202 Å². The van der Waals surface area contributed by atoms with Gasteiger partial charge in [0.25, 0.3) is 6.71 Å². The van der Waals surface area contributed by atoms with Crippen LogP contribution in [0.25, 0.3) is 185 Å². The molecule has 2 nitrogen and oxygen atoms in total. The Balaban J connectivity index is 0.943. The summed E-state index contributed by atoms with van der Waals surface area (Å²) in [6, 6.07) is 109. The molecule has 2 aromatic heterocycles. The molecular weight excluding hydrogens is 1050 g/mol. The summed E-state index contributed by atoms with van der Waals surface area (Å²) in [6.07, 6.45) is 0. The molecule has 396 valence electrons. The second-order valence-corrected chi connectivity index (χ2v) is 24.5. The van der Waals surface area contributed by atoms with Crippen LogP contribution < -0.4 is 16.4 Å². The number of hydrogen-bond acceptors (Lipinski definition) is 0. The highest BCUT2D eigenvalue weighted by Gasteiger charge is 2.42. The standard InChI is InChI=1S/C84H47BN2/c1-4-21-54-48(18-1)40-68(63-30-12-7-24-57(54)63)51-36-38-76-71(43-51)72-44-52(69-41-49-19-2-5-22-55(49)58-25-8-13-31-64(58)69)46-74-83(72)86(76)78-34-17-35-79-82(78)85(74)75-47-53(70-42-50-20-3-6-23-56(50)59-26-9-14-32-65(59)70)45-73-81-77(87(79)84(73)75)39-37-67-62-29-11-10-27-60(62)61-28-15-16-33-66(61)80(67)81/h1-47H. The first-order chi connectivity index (χ1) is 43.2. The maximum atomic E-state index is 2.67. The number of nitrogens with zero attached hydrogens (tertiary/aromatic N) is 2. The molecule has 21 rings (SSSR count). The van der Waals surface area contributed by atoms with Crippen LogP contribution in [0.4, 0.5) is 0 Å². The predicted molar refractivity (Wildman–Crippen MR) is 374 cm³/mol. The van der Waals surface area contributed by atoms with Crippen LogP contribution in [0.3, 0.4) is 0 Å². The van der Waals surface area contributed by atoms with Gasteiger partial charge in [-0.05, 0) is 202 Å². The van der Waals surface area contributed by atoms with E-state index in [1.54, 1.807) is 0 Å². The Morgan fingerprint density at radius 1 is 0.218 bits per heavy atom. The van der Waals surface area contributed by atoms with E-state index in [-0.39, 0.29) is 6.71 Å². The molecule has 0 saturated carbocycles. The summed E-state index contributed by atoms with van der Waals surface area (Å²) in [5.74, 6) is 0. The Hall–Kier alpha value is -11.3. The molecule has 0 atom stereocenters. The molecule has 0 amide bonds. The molecule has 2 aliphatic rings. The van der Waals surface area contributed by atoms with Gasteiger partial charge in [0.15, 0.2) is 0 Å². The molecule has 0 aliphatic carbocycles. The summed E-state index contributed by atoms with van der Waals surface area (Å²) in [5.41, 5.74) is 18.9. The Morgan fingerprint density at radius 2 is 0.586 bits per heavy atom. The number of aromatic nitrogens is 2. The van der Waals surface area contributed by atoms with E-state index in [0.717, 1.165) is 0 Å². The highest BCUT2D eigenvalue weighted by atomic mass is 15.0. The highest BCUT2D eigenvalue weighted by molar-refractivity contribution is 7.00. The van der Waals surface area contributed by atoms with Gasteiger partial charge in [0.05, 0.1) is 11.0 Å². The van der Waals surface area contributed by atoms with Crippen molar-refractivity contribution in [3.8, 4) is 44.8 Å². The average Bonchev–Trinajstić information content (AvgIpc) is 1.57. The second kappa shape index (κ2) is 16.8. The minimum absolute atomic E-state index is 0.124. The van der Waals surface area contributed by atoms with E-state index >= 15 is 0 Å². The fourth-order valence-electron chi connectivity index (χ4n) is 16.8. The number of fused-ring (bicyclic) bond motifs is 26. The van der Waals surface area contributed by atoms with E-state index < -0.39 is 0 Å². The van der Waals surface area contributed by atoms with Gasteiger partial charge in [0, 0.05) is 49.3 Å². The Morgan fingerprint density at radius 3 is 1.10 bits per heavy atom. The predicted octanol–water partition coefficient (Wildman–Crippen LogP) is 20.4. The molecule has 0 unspecified atom stereocenters. The largest absolute Gasteiger partial charge is 0.310 e. The van der Waals surface area contributed by atoms with Gasteiger partial charge in [0.2, 0.25) is 0 Å². The minimum atomic E-state index is -0.124. The molecule has 0 spiro atoms. The van der Waals surface area contributed by atoms with Crippen LogP contribution in [0.5, 0.6) is 0 Å². The van der Waals surface area contributed by atoms with Crippen molar-refractivity contribution in [3.05, 3.63) is 285 Å². The van der Waals surface area contributed by atoms with Crippen LogP contribution in [-0.4, -0.2) is 15.8 Å². The van der Waals surface area contributed by atoms with Gasteiger partial charge in [-0.3, -0.25) is 0 Å². The van der Waals surface area contributed by atoms with Crippen molar-refractivity contribution in [2.75, 3.05) is 0 Å². The van der Waals surface area contributed by atoms with Crippen molar-refractivity contribution >= 4 is 164 Å². The number of hydrogen-bond donors (Lipinski definition) is 0. The summed E-state index contributed by atoms with van der Waals surface area (Å²) in [7, 11) is 0. The zero-order valence-corrected chi connectivity index (χ0v) is 47.1. The van der Waals surface area contributed by atoms with Crippen LogP contribution in [0.1, 0.15) is 0 Å². The van der Waals surface area contributed by atoms with Crippen LogP contribution in [0.15, 0.2) is 285 Å². The zero-order chi connectivity index (χ0) is 56.3. The summed E-state index contributed by atoms with van der Waals surface area (Å²) < 4.78 is 5.31. The topological polar surface area (TPSA) is 9.86 Å². The van der Waals surface area contributed by atoms with Gasteiger partial charge in [-0.15, -0.1) is 0 Å². The molecule has 0 saturated heterocycles. The third-order valence-electron chi connectivity index (χ3n) is 20.3. The van der Waals surface area contributed by atoms with E-state index in [9.17, 15) is 0 Å². The maximum absolute atomic E-state index is 2.67. The number of benzene rings is 17. The van der Waals surface area contributed by atoms with Gasteiger partial charge >= 0.3 is 0 Å². The summed E-state index contributed by atoms with van der Waals surface area (Å²) in [5, 5.41) is 28.0. The molecule has 2 aliphatic heterocycles. The van der Waals surface area contributed by atoms with Crippen molar-refractivity contribution in [2.45, 2.75) is 0 Å². The van der Waals surface area contributed by atoms with Crippen molar-refractivity contribution in [1.29, 1.82) is 0 Å². The molecule has 17 aromatic carbocycles. The van der Waals surface area contributed by atoms with E-state index in [2.05, 4.69) is 294 Å². The van der Waals surface area contributed by atoms with Crippen LogP contribution in [0, 0.1) is 0 Å². The lowest BCUT2D eigenvalue weighted by Gasteiger charge is -2.34. The van der Waals surface area contributed by atoms with Crippen molar-refractivity contribution in [3.63, 3.8) is 0 Å². The third-order valence-corrected chi connectivity index (χ3v) is 20.3. The summed E-state index contributed by atoms with van der Waals surface area (Å²) >= 11 is 0. The first-order valence-corrected chi connectivity index (χ1v) is 30.5. The highest BCUT2D eigenvalue weighted by Crippen LogP contribution is 2.49. The van der Waals surface area contributed by atoms with Gasteiger partial charge in [-0.1, -0.05) is 224 Å². The lowest BCUT2D eigenvalue weighted by Crippen LogP contribution is -2.59. The first kappa shape index (κ1) is 46.2. The smallest absolute Gasteiger partial charge is 0.252 e. The third kappa shape index (κ3) is 6.00. The van der Waals surface area contributed by atoms with E-state index in [4.69, 9.17) is 0 Å². The molecule has 0 bridgehead atoms.